The lowest BCUT2D eigenvalue weighted by Gasteiger charge is -2.13. The standard InChI is InChI=1S/C14H26/c1-4-7-9-10-11-13-14(6-3)12-8-5-2/h7,14H,1,5-6,8-13H2,2-3H3. The topological polar surface area (TPSA) is 0 Å². The lowest BCUT2D eigenvalue weighted by atomic mass is 9.93. The summed E-state index contributed by atoms with van der Waals surface area (Å²) in [5.74, 6) is 0.975. The molecule has 0 bridgehead atoms. The fourth-order valence-electron chi connectivity index (χ4n) is 1.83. The molecule has 0 fully saturated rings. The van der Waals surface area contributed by atoms with Gasteiger partial charge < -0.3 is 0 Å². The molecule has 0 rings (SSSR count). The molecule has 14 heavy (non-hydrogen) atoms. The molecule has 1 unspecified atom stereocenters. The third-order valence-electron chi connectivity index (χ3n) is 2.90. The van der Waals surface area contributed by atoms with Crippen LogP contribution in [-0.2, 0) is 0 Å². The Labute approximate surface area is 90.1 Å². The van der Waals surface area contributed by atoms with Gasteiger partial charge in [0, 0.05) is 0 Å². The lowest BCUT2D eigenvalue weighted by Crippen LogP contribution is -1.98. The molecular weight excluding hydrogens is 168 g/mol. The van der Waals surface area contributed by atoms with Crippen molar-refractivity contribution in [2.24, 2.45) is 5.92 Å². The average Bonchev–Trinajstić information content (AvgIpc) is 2.22. The number of hydrogen-bond donors (Lipinski definition) is 0. The van der Waals surface area contributed by atoms with E-state index in [-0.39, 0.29) is 0 Å². The van der Waals surface area contributed by atoms with Crippen molar-refractivity contribution in [1.82, 2.24) is 0 Å². The molecule has 0 aliphatic heterocycles. The monoisotopic (exact) mass is 194 g/mol. The Morgan fingerprint density at radius 1 is 1.14 bits per heavy atom. The molecule has 0 radical (unpaired) electrons. The number of hydrogen-bond acceptors (Lipinski definition) is 0. The highest BCUT2D eigenvalue weighted by Crippen LogP contribution is 2.19. The van der Waals surface area contributed by atoms with Crippen molar-refractivity contribution in [3.05, 3.63) is 18.4 Å². The van der Waals surface area contributed by atoms with Crippen LogP contribution in [0.3, 0.4) is 0 Å². The van der Waals surface area contributed by atoms with E-state index in [4.69, 9.17) is 0 Å². The maximum Gasteiger partial charge on any atom is -0.0275 e. The van der Waals surface area contributed by atoms with Crippen molar-refractivity contribution in [1.29, 1.82) is 0 Å². The minimum absolute atomic E-state index is 0.975. The lowest BCUT2D eigenvalue weighted by molar-refractivity contribution is 0.405. The third-order valence-corrected chi connectivity index (χ3v) is 2.90. The van der Waals surface area contributed by atoms with Crippen LogP contribution in [0, 0.1) is 5.92 Å². The van der Waals surface area contributed by atoms with Crippen LogP contribution in [0.2, 0.25) is 0 Å². The molecule has 82 valence electrons. The van der Waals surface area contributed by atoms with E-state index in [1.54, 1.807) is 0 Å². The number of rotatable bonds is 9. The minimum Gasteiger partial charge on any atom is -0.133 e. The van der Waals surface area contributed by atoms with Gasteiger partial charge in [0.05, 0.1) is 0 Å². The van der Waals surface area contributed by atoms with Gasteiger partial charge in [0.15, 0.2) is 0 Å². The van der Waals surface area contributed by atoms with Gasteiger partial charge in [-0.1, -0.05) is 59.0 Å². The Morgan fingerprint density at radius 2 is 1.86 bits per heavy atom. The second kappa shape index (κ2) is 10.6. The Kier molecular flexibility index (Phi) is 10.2. The van der Waals surface area contributed by atoms with Crippen LogP contribution in [0.5, 0.6) is 0 Å². The SMILES string of the molecule is C=C=CCCCCC(CC)CCCC. The third kappa shape index (κ3) is 8.13. The molecule has 1 atom stereocenters. The van der Waals surface area contributed by atoms with Gasteiger partial charge in [-0.25, -0.2) is 0 Å². The summed E-state index contributed by atoms with van der Waals surface area (Å²) < 4.78 is 0. The molecule has 0 N–H and O–H groups in total. The molecule has 0 nitrogen and oxygen atoms in total. The maximum atomic E-state index is 3.57. The Bertz CT molecular complexity index is 151. The molecule has 0 heteroatoms. The van der Waals surface area contributed by atoms with Crippen molar-refractivity contribution < 1.29 is 0 Å². The van der Waals surface area contributed by atoms with E-state index in [0.29, 0.717) is 0 Å². The summed E-state index contributed by atoms with van der Waals surface area (Å²) in [5, 5.41) is 0. The van der Waals surface area contributed by atoms with Crippen LogP contribution in [0.15, 0.2) is 18.4 Å². The van der Waals surface area contributed by atoms with Crippen molar-refractivity contribution in [2.75, 3.05) is 0 Å². The summed E-state index contributed by atoms with van der Waals surface area (Å²) in [7, 11) is 0. The Morgan fingerprint density at radius 3 is 2.43 bits per heavy atom. The predicted octanol–water partition coefficient (Wildman–Crippen LogP) is 5.10. The van der Waals surface area contributed by atoms with Gasteiger partial charge in [-0.3, -0.25) is 0 Å². The number of allylic oxidation sites excluding steroid dienone is 1. The Balaban J connectivity index is 3.37. The highest BCUT2D eigenvalue weighted by molar-refractivity contribution is 4.75. The summed E-state index contributed by atoms with van der Waals surface area (Å²) in [5.41, 5.74) is 2.83. The van der Waals surface area contributed by atoms with E-state index in [1.165, 1.54) is 44.9 Å². The van der Waals surface area contributed by atoms with Gasteiger partial charge in [0.25, 0.3) is 0 Å². The predicted molar refractivity (Wildman–Crippen MR) is 65.5 cm³/mol. The van der Waals surface area contributed by atoms with Gasteiger partial charge in [-0.15, -0.1) is 5.73 Å². The Hall–Kier alpha value is -0.480. The molecule has 0 aromatic rings. The molecule has 0 aliphatic carbocycles. The van der Waals surface area contributed by atoms with E-state index < -0.39 is 0 Å². The fraction of sp³-hybridized carbons (Fsp3) is 0.786. The maximum absolute atomic E-state index is 3.57. The molecule has 0 spiro atoms. The zero-order valence-electron chi connectivity index (χ0n) is 10.0. The molecule has 0 aromatic heterocycles. The van der Waals surface area contributed by atoms with E-state index in [9.17, 15) is 0 Å². The first-order chi connectivity index (χ1) is 6.85. The summed E-state index contributed by atoms with van der Waals surface area (Å²) >= 11 is 0. The highest BCUT2D eigenvalue weighted by Gasteiger charge is 2.04. The summed E-state index contributed by atoms with van der Waals surface area (Å²) in [6, 6.07) is 0. The summed E-state index contributed by atoms with van der Waals surface area (Å²) in [6.45, 7) is 8.17. The molecule has 0 saturated carbocycles. The molecule has 0 aromatic carbocycles. The van der Waals surface area contributed by atoms with Crippen LogP contribution in [-0.4, -0.2) is 0 Å². The first-order valence-electron chi connectivity index (χ1n) is 6.19. The smallest absolute Gasteiger partial charge is 0.0275 e. The van der Waals surface area contributed by atoms with Gasteiger partial charge in [-0.05, 0) is 24.8 Å². The average molecular weight is 194 g/mol. The van der Waals surface area contributed by atoms with Crippen molar-refractivity contribution in [3.8, 4) is 0 Å². The molecule has 0 heterocycles. The van der Waals surface area contributed by atoms with E-state index >= 15 is 0 Å². The summed E-state index contributed by atoms with van der Waals surface area (Å²) in [6.07, 6.45) is 12.9. The van der Waals surface area contributed by atoms with E-state index in [1.807, 2.05) is 6.08 Å². The zero-order chi connectivity index (χ0) is 10.6. The van der Waals surface area contributed by atoms with Crippen LogP contribution in [0.25, 0.3) is 0 Å². The van der Waals surface area contributed by atoms with Crippen LogP contribution >= 0.6 is 0 Å². The quantitative estimate of drug-likeness (QED) is 0.353. The van der Waals surface area contributed by atoms with E-state index in [2.05, 4.69) is 26.2 Å². The first-order valence-corrected chi connectivity index (χ1v) is 6.19. The van der Waals surface area contributed by atoms with Gasteiger partial charge in [-0.2, -0.15) is 0 Å². The largest absolute Gasteiger partial charge is 0.133 e. The van der Waals surface area contributed by atoms with Crippen LogP contribution in [0.4, 0.5) is 0 Å². The minimum atomic E-state index is 0.975. The number of unbranched alkanes of at least 4 members (excludes halogenated alkanes) is 3. The van der Waals surface area contributed by atoms with Crippen LogP contribution < -0.4 is 0 Å². The first kappa shape index (κ1) is 13.5. The second-order valence-corrected chi connectivity index (χ2v) is 4.11. The van der Waals surface area contributed by atoms with E-state index in [0.717, 1.165) is 12.3 Å². The molecule has 0 saturated heterocycles. The fourth-order valence-corrected chi connectivity index (χ4v) is 1.83. The molecular formula is C14H26. The highest BCUT2D eigenvalue weighted by atomic mass is 14.1. The second-order valence-electron chi connectivity index (χ2n) is 4.11. The summed E-state index contributed by atoms with van der Waals surface area (Å²) in [4.78, 5) is 0. The molecule has 0 amide bonds. The van der Waals surface area contributed by atoms with Crippen molar-refractivity contribution in [3.63, 3.8) is 0 Å². The molecule has 0 aliphatic rings. The zero-order valence-corrected chi connectivity index (χ0v) is 10.0. The van der Waals surface area contributed by atoms with Gasteiger partial charge in [0.1, 0.15) is 0 Å². The van der Waals surface area contributed by atoms with Crippen molar-refractivity contribution >= 4 is 0 Å². The van der Waals surface area contributed by atoms with Crippen molar-refractivity contribution in [2.45, 2.75) is 65.2 Å². The normalized spacial score (nSPS) is 12.1. The van der Waals surface area contributed by atoms with Gasteiger partial charge in [0.2, 0.25) is 0 Å². The van der Waals surface area contributed by atoms with Crippen LogP contribution in [0.1, 0.15) is 65.2 Å². The van der Waals surface area contributed by atoms with Gasteiger partial charge >= 0.3 is 0 Å².